The lowest BCUT2D eigenvalue weighted by Crippen LogP contribution is -2.42. The first-order chi connectivity index (χ1) is 8.19. The first-order valence-electron chi connectivity index (χ1n) is 7.20. The molecular weight excluding hydrogens is 212 g/mol. The molecule has 1 unspecified atom stereocenters. The number of nitrogens with one attached hydrogen (secondary N) is 1. The van der Waals surface area contributed by atoms with Crippen molar-refractivity contribution in [1.29, 1.82) is 0 Å². The van der Waals surface area contributed by atoms with Gasteiger partial charge in [0.15, 0.2) is 0 Å². The lowest BCUT2D eigenvalue weighted by Gasteiger charge is -2.41. The van der Waals surface area contributed by atoms with Gasteiger partial charge in [-0.1, -0.05) is 26.7 Å². The van der Waals surface area contributed by atoms with E-state index in [1.165, 1.54) is 38.8 Å². The number of aliphatic hydroxyl groups is 1. The molecule has 3 nitrogen and oxygen atoms in total. The molecule has 0 aliphatic carbocycles. The van der Waals surface area contributed by atoms with E-state index in [0.29, 0.717) is 5.41 Å². The molecule has 0 radical (unpaired) electrons. The van der Waals surface area contributed by atoms with Gasteiger partial charge in [0.25, 0.3) is 0 Å². The summed E-state index contributed by atoms with van der Waals surface area (Å²) in [6.45, 7) is 8.52. The Morgan fingerprint density at radius 2 is 1.82 bits per heavy atom. The molecule has 0 spiro atoms. The van der Waals surface area contributed by atoms with Crippen LogP contribution < -0.4 is 5.32 Å². The fourth-order valence-corrected chi connectivity index (χ4v) is 2.87. The van der Waals surface area contributed by atoms with Gasteiger partial charge in [-0.3, -0.25) is 0 Å². The van der Waals surface area contributed by atoms with Crippen molar-refractivity contribution in [2.24, 2.45) is 5.41 Å². The van der Waals surface area contributed by atoms with Gasteiger partial charge in [0.05, 0.1) is 6.61 Å². The third kappa shape index (κ3) is 4.23. The van der Waals surface area contributed by atoms with Crippen LogP contribution in [0.5, 0.6) is 0 Å². The zero-order valence-electron chi connectivity index (χ0n) is 11.8. The van der Waals surface area contributed by atoms with Crippen LogP contribution in [0, 0.1) is 5.41 Å². The molecule has 0 aromatic carbocycles. The fourth-order valence-electron chi connectivity index (χ4n) is 2.87. The summed E-state index contributed by atoms with van der Waals surface area (Å²) < 4.78 is 0. The number of nitrogens with zero attached hydrogens (tertiary/aromatic N) is 1. The third-order valence-corrected chi connectivity index (χ3v) is 4.84. The highest BCUT2D eigenvalue weighted by atomic mass is 16.3. The van der Waals surface area contributed by atoms with Gasteiger partial charge in [0.2, 0.25) is 0 Å². The van der Waals surface area contributed by atoms with Gasteiger partial charge in [-0.05, 0) is 51.4 Å². The summed E-state index contributed by atoms with van der Waals surface area (Å²) in [5, 5.41) is 12.3. The lowest BCUT2D eigenvalue weighted by atomic mass is 9.74. The largest absolute Gasteiger partial charge is 0.395 e. The summed E-state index contributed by atoms with van der Waals surface area (Å²) in [7, 11) is 1.93. The molecule has 1 fully saturated rings. The van der Waals surface area contributed by atoms with Crippen molar-refractivity contribution < 1.29 is 5.11 Å². The average molecular weight is 242 g/mol. The maximum absolute atomic E-state index is 9.13. The lowest BCUT2D eigenvalue weighted by molar-refractivity contribution is 0.0904. The van der Waals surface area contributed by atoms with Gasteiger partial charge in [-0.25, -0.2) is 0 Å². The van der Waals surface area contributed by atoms with Gasteiger partial charge in [0.1, 0.15) is 0 Å². The molecule has 3 heteroatoms. The van der Waals surface area contributed by atoms with E-state index < -0.39 is 0 Å². The molecule has 17 heavy (non-hydrogen) atoms. The predicted octanol–water partition coefficient (Wildman–Crippen LogP) is 1.86. The van der Waals surface area contributed by atoms with E-state index in [1.807, 2.05) is 7.05 Å². The number of hydrogen-bond donors (Lipinski definition) is 2. The van der Waals surface area contributed by atoms with Gasteiger partial charge < -0.3 is 15.3 Å². The maximum Gasteiger partial charge on any atom is 0.0585 e. The van der Waals surface area contributed by atoms with Crippen LogP contribution in [-0.2, 0) is 0 Å². The minimum Gasteiger partial charge on any atom is -0.395 e. The normalized spacial score (nSPS) is 22.6. The SMILES string of the molecule is CCC1(CC)CCN(CCC(CO)NC)CC1. The van der Waals surface area contributed by atoms with Crippen LogP contribution in [0.15, 0.2) is 0 Å². The van der Waals surface area contributed by atoms with Crippen LogP contribution in [0.1, 0.15) is 46.0 Å². The minimum atomic E-state index is 0.248. The van der Waals surface area contributed by atoms with E-state index in [4.69, 9.17) is 5.11 Å². The van der Waals surface area contributed by atoms with Gasteiger partial charge in [-0.2, -0.15) is 0 Å². The van der Waals surface area contributed by atoms with Gasteiger partial charge >= 0.3 is 0 Å². The van der Waals surface area contributed by atoms with E-state index in [2.05, 4.69) is 24.1 Å². The molecule has 1 saturated heterocycles. The standard InChI is InChI=1S/C14H30N2O/c1-4-14(5-2)7-10-16(11-8-14)9-6-13(12-17)15-3/h13,15,17H,4-12H2,1-3H3. The Balaban J connectivity index is 2.27. The van der Waals surface area contributed by atoms with E-state index in [1.54, 1.807) is 0 Å². The van der Waals surface area contributed by atoms with E-state index in [9.17, 15) is 0 Å². The molecule has 1 atom stereocenters. The Morgan fingerprint density at radius 1 is 1.24 bits per heavy atom. The second-order valence-electron chi connectivity index (χ2n) is 5.51. The zero-order chi connectivity index (χ0) is 12.7. The summed E-state index contributed by atoms with van der Waals surface area (Å²) in [6.07, 6.45) is 6.41. The first kappa shape index (κ1) is 14.9. The summed E-state index contributed by atoms with van der Waals surface area (Å²) >= 11 is 0. The van der Waals surface area contributed by atoms with Crippen molar-refractivity contribution in [3.05, 3.63) is 0 Å². The molecule has 1 aliphatic rings. The molecule has 0 aromatic rings. The van der Waals surface area contributed by atoms with E-state index in [0.717, 1.165) is 13.0 Å². The molecule has 1 aliphatic heterocycles. The summed E-state index contributed by atoms with van der Waals surface area (Å²) in [4.78, 5) is 2.56. The van der Waals surface area contributed by atoms with Crippen LogP contribution in [0.2, 0.25) is 0 Å². The van der Waals surface area contributed by atoms with Gasteiger partial charge in [-0.15, -0.1) is 0 Å². The molecule has 1 rings (SSSR count). The molecular formula is C14H30N2O. The van der Waals surface area contributed by atoms with Crippen molar-refractivity contribution >= 4 is 0 Å². The topological polar surface area (TPSA) is 35.5 Å². The number of likely N-dealkylation sites (N-methyl/N-ethyl adjacent to an activating group) is 1. The Morgan fingerprint density at radius 3 is 2.24 bits per heavy atom. The smallest absolute Gasteiger partial charge is 0.0585 e. The maximum atomic E-state index is 9.13. The van der Waals surface area contributed by atoms with E-state index >= 15 is 0 Å². The second-order valence-corrected chi connectivity index (χ2v) is 5.51. The quantitative estimate of drug-likeness (QED) is 0.715. The Labute approximate surface area is 107 Å². The molecule has 2 N–H and O–H groups in total. The summed E-state index contributed by atoms with van der Waals surface area (Å²) in [5.41, 5.74) is 0.621. The minimum absolute atomic E-state index is 0.248. The highest BCUT2D eigenvalue weighted by molar-refractivity contribution is 4.84. The Hall–Kier alpha value is -0.120. The summed E-state index contributed by atoms with van der Waals surface area (Å²) in [6, 6.07) is 0.263. The predicted molar refractivity (Wildman–Crippen MR) is 73.2 cm³/mol. The number of likely N-dealkylation sites (tertiary alicyclic amines) is 1. The van der Waals surface area contributed by atoms with Crippen LogP contribution in [0.4, 0.5) is 0 Å². The van der Waals surface area contributed by atoms with E-state index in [-0.39, 0.29) is 12.6 Å². The Bertz CT molecular complexity index is 188. The fraction of sp³-hybridized carbons (Fsp3) is 1.00. The second kappa shape index (κ2) is 7.34. The van der Waals surface area contributed by atoms with Crippen LogP contribution >= 0.6 is 0 Å². The van der Waals surface area contributed by atoms with Crippen molar-refractivity contribution in [3.8, 4) is 0 Å². The van der Waals surface area contributed by atoms with Crippen molar-refractivity contribution in [3.63, 3.8) is 0 Å². The highest BCUT2D eigenvalue weighted by Crippen LogP contribution is 2.37. The van der Waals surface area contributed by atoms with Crippen LogP contribution in [-0.4, -0.2) is 49.3 Å². The molecule has 0 bridgehead atoms. The molecule has 0 aromatic heterocycles. The molecule has 102 valence electrons. The monoisotopic (exact) mass is 242 g/mol. The molecule has 1 heterocycles. The van der Waals surface area contributed by atoms with Gasteiger partial charge in [0, 0.05) is 6.04 Å². The average Bonchev–Trinajstić information content (AvgIpc) is 2.41. The molecule has 0 saturated carbocycles. The number of piperidine rings is 1. The molecule has 0 amide bonds. The zero-order valence-corrected chi connectivity index (χ0v) is 11.8. The van der Waals surface area contributed by atoms with Crippen molar-refractivity contribution in [1.82, 2.24) is 10.2 Å². The van der Waals surface area contributed by atoms with Crippen molar-refractivity contribution in [2.45, 2.75) is 52.0 Å². The highest BCUT2D eigenvalue weighted by Gasteiger charge is 2.30. The summed E-state index contributed by atoms with van der Waals surface area (Å²) in [5.74, 6) is 0. The van der Waals surface area contributed by atoms with Crippen LogP contribution in [0.3, 0.4) is 0 Å². The number of aliphatic hydroxyl groups excluding tert-OH is 1. The third-order valence-electron chi connectivity index (χ3n) is 4.84. The first-order valence-corrected chi connectivity index (χ1v) is 7.20. The van der Waals surface area contributed by atoms with Crippen molar-refractivity contribution in [2.75, 3.05) is 33.3 Å². The Kier molecular flexibility index (Phi) is 6.45. The van der Waals surface area contributed by atoms with Crippen LogP contribution in [0.25, 0.3) is 0 Å². The number of rotatable bonds is 7. The number of hydrogen-bond acceptors (Lipinski definition) is 3.